The molecule has 1 aliphatic carbocycles. The Bertz CT molecular complexity index is 1350. The number of aryl methyl sites for hydroxylation is 3. The van der Waals surface area contributed by atoms with Crippen molar-refractivity contribution in [3.8, 4) is 11.3 Å². The molecule has 1 amide bonds. The summed E-state index contributed by atoms with van der Waals surface area (Å²) in [7, 11) is 0. The molecule has 156 valence electrons. The second-order valence-electron chi connectivity index (χ2n) is 7.88. The average molecular weight is 414 g/mol. The number of anilines is 1. The van der Waals surface area contributed by atoms with Crippen molar-refractivity contribution in [1.82, 2.24) is 24.1 Å². The number of nitrogens with zero attached hydrogens (tertiary/aromatic N) is 5. The number of imidazole rings is 1. The third-order valence-electron chi connectivity index (χ3n) is 5.70. The lowest BCUT2D eigenvalue weighted by Crippen LogP contribution is -2.34. The molecule has 1 unspecified atom stereocenters. The highest BCUT2D eigenvalue weighted by molar-refractivity contribution is 5.96. The van der Waals surface area contributed by atoms with Crippen molar-refractivity contribution in [3.63, 3.8) is 0 Å². The molecular formula is C23H22N6O2. The number of aromatic nitrogens is 5. The smallest absolute Gasteiger partial charge is 0.267 e. The zero-order chi connectivity index (χ0) is 21.5. The number of fused-ring (bicyclic) bond motifs is 2. The van der Waals surface area contributed by atoms with E-state index in [1.54, 1.807) is 35.9 Å². The number of nitrogens with one attached hydrogen (secondary N) is 1. The minimum absolute atomic E-state index is 0.262. The summed E-state index contributed by atoms with van der Waals surface area (Å²) >= 11 is 0. The molecule has 5 rings (SSSR count). The highest BCUT2D eigenvalue weighted by atomic mass is 16.2. The fraction of sp³-hybridized carbons (Fsp3) is 0.261. The summed E-state index contributed by atoms with van der Waals surface area (Å²) in [4.78, 5) is 34.6. The van der Waals surface area contributed by atoms with Gasteiger partial charge in [0.15, 0.2) is 0 Å². The molecule has 1 N–H and O–H groups in total. The van der Waals surface area contributed by atoms with E-state index in [9.17, 15) is 9.59 Å². The minimum Gasteiger partial charge on any atom is -0.308 e. The van der Waals surface area contributed by atoms with E-state index < -0.39 is 6.04 Å². The maximum Gasteiger partial charge on any atom is 0.267 e. The van der Waals surface area contributed by atoms with Crippen LogP contribution in [0.1, 0.15) is 36.2 Å². The molecule has 1 aliphatic rings. The van der Waals surface area contributed by atoms with Crippen molar-refractivity contribution in [2.24, 2.45) is 0 Å². The zero-order valence-corrected chi connectivity index (χ0v) is 17.4. The SMILES string of the molecule is Cc1ccc(-c2nc3ncccn3c2NC(=O)C(C)n2nc3c(cc2=O)CCC3)cc1. The van der Waals surface area contributed by atoms with Crippen LogP contribution in [0.2, 0.25) is 0 Å². The highest BCUT2D eigenvalue weighted by Crippen LogP contribution is 2.29. The van der Waals surface area contributed by atoms with Crippen molar-refractivity contribution >= 4 is 17.5 Å². The fourth-order valence-electron chi connectivity index (χ4n) is 3.94. The predicted molar refractivity (Wildman–Crippen MR) is 117 cm³/mol. The molecule has 8 nitrogen and oxygen atoms in total. The first-order valence-corrected chi connectivity index (χ1v) is 10.3. The predicted octanol–water partition coefficient (Wildman–Crippen LogP) is 2.95. The van der Waals surface area contributed by atoms with E-state index in [2.05, 4.69) is 20.4 Å². The van der Waals surface area contributed by atoms with Crippen LogP contribution >= 0.6 is 0 Å². The average Bonchev–Trinajstić information content (AvgIpc) is 3.37. The third kappa shape index (κ3) is 3.39. The van der Waals surface area contributed by atoms with Gasteiger partial charge in [-0.25, -0.2) is 14.6 Å². The number of benzene rings is 1. The van der Waals surface area contributed by atoms with Crippen LogP contribution in [0, 0.1) is 6.92 Å². The summed E-state index contributed by atoms with van der Waals surface area (Å²) in [6.07, 6.45) is 6.14. The molecule has 0 saturated carbocycles. The van der Waals surface area contributed by atoms with Gasteiger partial charge in [-0.2, -0.15) is 5.10 Å². The summed E-state index contributed by atoms with van der Waals surface area (Å²) in [5.41, 5.74) is 4.25. The molecule has 8 heteroatoms. The number of carbonyl (C=O) groups is 1. The molecule has 31 heavy (non-hydrogen) atoms. The summed E-state index contributed by atoms with van der Waals surface area (Å²) in [6, 6.07) is 10.5. The summed E-state index contributed by atoms with van der Waals surface area (Å²) in [6.45, 7) is 3.69. The van der Waals surface area contributed by atoms with Gasteiger partial charge in [-0.05, 0) is 44.7 Å². The quantitative estimate of drug-likeness (QED) is 0.554. The molecule has 0 aliphatic heterocycles. The molecule has 0 spiro atoms. The topological polar surface area (TPSA) is 94.2 Å². The lowest BCUT2D eigenvalue weighted by Gasteiger charge is -2.15. The van der Waals surface area contributed by atoms with Gasteiger partial charge in [0.2, 0.25) is 11.7 Å². The van der Waals surface area contributed by atoms with Crippen LogP contribution in [0.25, 0.3) is 17.0 Å². The standard InChI is InChI=1S/C23H22N6O2/c1-14-7-9-16(10-8-14)20-21(28-12-4-11-24-23(28)25-20)26-22(31)15(2)29-19(30)13-17-5-3-6-18(17)27-29/h4,7-13,15H,3,5-6H2,1-2H3,(H,26,31). The van der Waals surface area contributed by atoms with Crippen LogP contribution in [0.15, 0.2) is 53.6 Å². The number of rotatable bonds is 4. The van der Waals surface area contributed by atoms with E-state index in [4.69, 9.17) is 0 Å². The maximum atomic E-state index is 13.2. The Hall–Kier alpha value is -3.81. The van der Waals surface area contributed by atoms with Crippen molar-refractivity contribution in [1.29, 1.82) is 0 Å². The Morgan fingerprint density at radius 1 is 1.19 bits per heavy atom. The van der Waals surface area contributed by atoms with Gasteiger partial charge in [0, 0.05) is 24.0 Å². The maximum absolute atomic E-state index is 13.2. The second-order valence-corrected chi connectivity index (χ2v) is 7.88. The van der Waals surface area contributed by atoms with Crippen LogP contribution < -0.4 is 10.9 Å². The number of hydrogen-bond donors (Lipinski definition) is 1. The number of amides is 1. The van der Waals surface area contributed by atoms with Crippen molar-refractivity contribution < 1.29 is 4.79 Å². The Kier molecular flexibility index (Phi) is 4.62. The Balaban J connectivity index is 1.53. The van der Waals surface area contributed by atoms with Crippen LogP contribution in [-0.2, 0) is 17.6 Å². The Labute approximate surface area is 178 Å². The Morgan fingerprint density at radius 3 is 2.81 bits per heavy atom. The van der Waals surface area contributed by atoms with E-state index >= 15 is 0 Å². The van der Waals surface area contributed by atoms with Gasteiger partial charge in [0.25, 0.3) is 5.56 Å². The first-order valence-electron chi connectivity index (χ1n) is 10.3. The van der Waals surface area contributed by atoms with Gasteiger partial charge in [-0.15, -0.1) is 0 Å². The van der Waals surface area contributed by atoms with Crippen LogP contribution in [-0.4, -0.2) is 30.1 Å². The lowest BCUT2D eigenvalue weighted by atomic mass is 10.1. The third-order valence-corrected chi connectivity index (χ3v) is 5.70. The number of carbonyl (C=O) groups excluding carboxylic acids is 1. The van der Waals surface area contributed by atoms with Crippen molar-refractivity contribution in [3.05, 3.63) is 76.0 Å². The fourth-order valence-corrected chi connectivity index (χ4v) is 3.94. The monoisotopic (exact) mass is 414 g/mol. The van der Waals surface area contributed by atoms with Gasteiger partial charge < -0.3 is 5.32 Å². The molecule has 0 bridgehead atoms. The van der Waals surface area contributed by atoms with Crippen LogP contribution in [0.4, 0.5) is 5.82 Å². The first-order chi connectivity index (χ1) is 15.0. The molecule has 3 heterocycles. The minimum atomic E-state index is -0.772. The molecule has 0 radical (unpaired) electrons. The van der Waals surface area contributed by atoms with Gasteiger partial charge >= 0.3 is 0 Å². The van der Waals surface area contributed by atoms with Crippen molar-refractivity contribution in [2.45, 2.75) is 39.2 Å². The highest BCUT2D eigenvalue weighted by Gasteiger charge is 2.24. The van der Waals surface area contributed by atoms with E-state index in [0.717, 1.165) is 41.6 Å². The summed E-state index contributed by atoms with van der Waals surface area (Å²) in [5, 5.41) is 7.43. The molecule has 3 aromatic heterocycles. The number of hydrogen-bond acceptors (Lipinski definition) is 5. The van der Waals surface area contributed by atoms with Crippen LogP contribution in [0.5, 0.6) is 0 Å². The molecule has 4 aromatic rings. The van der Waals surface area contributed by atoms with Gasteiger partial charge in [-0.3, -0.25) is 14.0 Å². The van der Waals surface area contributed by atoms with Crippen LogP contribution in [0.3, 0.4) is 0 Å². The summed E-state index contributed by atoms with van der Waals surface area (Å²) < 4.78 is 3.01. The van der Waals surface area contributed by atoms with E-state index in [0.29, 0.717) is 17.3 Å². The molecule has 1 aromatic carbocycles. The molecule has 0 fully saturated rings. The normalized spacial score (nSPS) is 13.9. The summed E-state index contributed by atoms with van der Waals surface area (Å²) in [5.74, 6) is 0.651. The van der Waals surface area contributed by atoms with E-state index in [1.807, 2.05) is 31.2 Å². The second kappa shape index (κ2) is 7.46. The van der Waals surface area contributed by atoms with Gasteiger partial charge in [0.1, 0.15) is 17.6 Å². The van der Waals surface area contributed by atoms with E-state index in [-0.39, 0.29) is 11.5 Å². The first kappa shape index (κ1) is 19.2. The van der Waals surface area contributed by atoms with E-state index in [1.165, 1.54) is 4.68 Å². The molecular weight excluding hydrogens is 392 g/mol. The lowest BCUT2D eigenvalue weighted by molar-refractivity contribution is -0.119. The Morgan fingerprint density at radius 2 is 2.00 bits per heavy atom. The zero-order valence-electron chi connectivity index (χ0n) is 17.4. The molecule has 0 saturated heterocycles. The molecule has 1 atom stereocenters. The van der Waals surface area contributed by atoms with Crippen molar-refractivity contribution in [2.75, 3.05) is 5.32 Å². The van der Waals surface area contributed by atoms with Gasteiger partial charge in [0.05, 0.1) is 5.69 Å². The largest absolute Gasteiger partial charge is 0.308 e. The van der Waals surface area contributed by atoms with Gasteiger partial charge in [-0.1, -0.05) is 29.8 Å².